The number of benzene rings is 1. The first-order valence-electron chi connectivity index (χ1n) is 4.25. The van der Waals surface area contributed by atoms with Gasteiger partial charge in [0.2, 0.25) is 0 Å². The summed E-state index contributed by atoms with van der Waals surface area (Å²) in [6.45, 7) is 1.33. The zero-order chi connectivity index (χ0) is 12.6. The normalized spacial score (nSPS) is 14.8. The van der Waals surface area contributed by atoms with Gasteiger partial charge >= 0.3 is 5.51 Å². The maximum atomic E-state index is 12.2. The summed E-state index contributed by atoms with van der Waals surface area (Å²) in [6, 6.07) is 4.16. The Labute approximate surface area is 90.4 Å². The second-order valence-corrected chi connectivity index (χ2v) is 5.14. The zero-order valence-electron chi connectivity index (χ0n) is 8.19. The lowest BCUT2D eigenvalue weighted by molar-refractivity contribution is -0.0436. The van der Waals surface area contributed by atoms with E-state index in [1.165, 1.54) is 13.0 Å². The van der Waals surface area contributed by atoms with Gasteiger partial charge < -0.3 is 5.11 Å². The van der Waals surface area contributed by atoms with Crippen LogP contribution in [0.2, 0.25) is 0 Å². The highest BCUT2D eigenvalue weighted by molar-refractivity contribution is 7.92. The summed E-state index contributed by atoms with van der Waals surface area (Å²) in [7, 11) is -5.34. The molecule has 3 nitrogen and oxygen atoms in total. The molecule has 0 amide bonds. The Balaban J connectivity index is 3.31. The molecule has 0 fully saturated rings. The zero-order valence-corrected chi connectivity index (χ0v) is 9.01. The Morgan fingerprint density at radius 2 is 1.88 bits per heavy atom. The molecular formula is C9H9F3O3S. The number of sulfone groups is 1. The third-order valence-electron chi connectivity index (χ3n) is 1.96. The molecule has 0 heterocycles. The quantitative estimate of drug-likeness (QED) is 0.878. The number of alkyl halides is 3. The molecule has 0 saturated heterocycles. The van der Waals surface area contributed by atoms with Gasteiger partial charge in [-0.25, -0.2) is 8.42 Å². The van der Waals surface area contributed by atoms with Crippen LogP contribution in [-0.4, -0.2) is 19.0 Å². The van der Waals surface area contributed by atoms with Crippen LogP contribution in [0.3, 0.4) is 0 Å². The largest absolute Gasteiger partial charge is 0.501 e. The van der Waals surface area contributed by atoms with Crippen LogP contribution >= 0.6 is 0 Å². The summed E-state index contributed by atoms with van der Waals surface area (Å²) in [5.74, 6) is 0. The lowest BCUT2D eigenvalue weighted by atomic mass is 10.1. The van der Waals surface area contributed by atoms with Gasteiger partial charge in [0.15, 0.2) is 0 Å². The fraction of sp³-hybridized carbons (Fsp3) is 0.333. The third-order valence-corrected chi connectivity index (χ3v) is 3.44. The average molecular weight is 254 g/mol. The first kappa shape index (κ1) is 13.0. The molecule has 16 heavy (non-hydrogen) atoms. The van der Waals surface area contributed by atoms with Crippen molar-refractivity contribution in [1.29, 1.82) is 0 Å². The van der Waals surface area contributed by atoms with Crippen molar-refractivity contribution < 1.29 is 26.7 Å². The minimum absolute atomic E-state index is 0.116. The van der Waals surface area contributed by atoms with Crippen LogP contribution in [0.4, 0.5) is 13.2 Å². The molecule has 0 radical (unpaired) electrons. The molecule has 1 aromatic carbocycles. The Morgan fingerprint density at radius 3 is 2.31 bits per heavy atom. The maximum Gasteiger partial charge on any atom is 0.501 e. The summed E-state index contributed by atoms with van der Waals surface area (Å²) in [5, 5.41) is 9.14. The van der Waals surface area contributed by atoms with E-state index in [1.807, 2.05) is 0 Å². The number of aliphatic hydroxyl groups is 1. The van der Waals surface area contributed by atoms with E-state index in [-0.39, 0.29) is 5.56 Å². The van der Waals surface area contributed by atoms with Crippen molar-refractivity contribution in [2.45, 2.75) is 23.4 Å². The van der Waals surface area contributed by atoms with Crippen LogP contribution in [0.1, 0.15) is 18.6 Å². The van der Waals surface area contributed by atoms with Crippen LogP contribution in [0, 0.1) is 0 Å². The van der Waals surface area contributed by atoms with Gasteiger partial charge in [-0.2, -0.15) is 13.2 Å². The van der Waals surface area contributed by atoms with Crippen LogP contribution in [0.25, 0.3) is 0 Å². The Bertz CT molecular complexity index is 477. The second kappa shape index (κ2) is 4.06. The third kappa shape index (κ3) is 2.35. The molecule has 0 unspecified atom stereocenters. The van der Waals surface area contributed by atoms with Crippen molar-refractivity contribution >= 4 is 9.84 Å². The highest BCUT2D eigenvalue weighted by atomic mass is 32.2. The lowest BCUT2D eigenvalue weighted by Crippen LogP contribution is -2.23. The van der Waals surface area contributed by atoms with Gasteiger partial charge in [-0.1, -0.05) is 12.1 Å². The minimum Gasteiger partial charge on any atom is -0.389 e. The first-order valence-corrected chi connectivity index (χ1v) is 5.74. The van der Waals surface area contributed by atoms with E-state index in [4.69, 9.17) is 5.11 Å². The van der Waals surface area contributed by atoms with Gasteiger partial charge in [0, 0.05) is 0 Å². The highest BCUT2D eigenvalue weighted by Crippen LogP contribution is 2.31. The van der Waals surface area contributed by atoms with Crippen molar-refractivity contribution in [2.24, 2.45) is 0 Å². The molecule has 1 rings (SSSR count). The topological polar surface area (TPSA) is 54.4 Å². The number of hydrogen-bond acceptors (Lipinski definition) is 3. The molecule has 0 spiro atoms. The average Bonchev–Trinajstić information content (AvgIpc) is 2.16. The monoisotopic (exact) mass is 254 g/mol. The van der Waals surface area contributed by atoms with E-state index in [1.54, 1.807) is 0 Å². The SMILES string of the molecule is C[C@@H](O)c1cccc(S(=O)(=O)C(F)(F)F)c1. The van der Waals surface area contributed by atoms with E-state index < -0.39 is 26.3 Å². The van der Waals surface area contributed by atoms with E-state index >= 15 is 0 Å². The Hall–Kier alpha value is -1.08. The molecule has 7 heteroatoms. The van der Waals surface area contributed by atoms with Crippen molar-refractivity contribution in [3.63, 3.8) is 0 Å². The standard InChI is InChI=1S/C9H9F3O3S/c1-6(13)7-3-2-4-8(5-7)16(14,15)9(10,11)12/h2-6,13H,1H3/t6-/m1/s1. The van der Waals surface area contributed by atoms with Gasteiger partial charge in [-0.3, -0.25) is 0 Å². The van der Waals surface area contributed by atoms with Gasteiger partial charge in [-0.15, -0.1) is 0 Å². The van der Waals surface area contributed by atoms with Crippen molar-refractivity contribution in [3.05, 3.63) is 29.8 Å². The summed E-state index contributed by atoms with van der Waals surface area (Å²) >= 11 is 0. The number of rotatable bonds is 2. The molecule has 1 aromatic rings. The molecule has 1 atom stereocenters. The van der Waals surface area contributed by atoms with E-state index in [0.717, 1.165) is 18.2 Å². The fourth-order valence-corrected chi connectivity index (χ4v) is 1.89. The van der Waals surface area contributed by atoms with E-state index in [9.17, 15) is 21.6 Å². The molecular weight excluding hydrogens is 245 g/mol. The van der Waals surface area contributed by atoms with Gasteiger partial charge in [0.05, 0.1) is 11.0 Å². The van der Waals surface area contributed by atoms with Crippen molar-refractivity contribution in [1.82, 2.24) is 0 Å². The predicted molar refractivity (Wildman–Crippen MR) is 50.3 cm³/mol. The van der Waals surface area contributed by atoms with Crippen molar-refractivity contribution in [3.8, 4) is 0 Å². The fourth-order valence-electron chi connectivity index (χ4n) is 1.08. The van der Waals surface area contributed by atoms with Crippen LogP contribution in [0.15, 0.2) is 29.2 Å². The Morgan fingerprint density at radius 1 is 1.31 bits per heavy atom. The number of halogens is 3. The van der Waals surface area contributed by atoms with E-state index in [2.05, 4.69) is 0 Å². The van der Waals surface area contributed by atoms with Gasteiger partial charge in [0.1, 0.15) is 0 Å². The molecule has 0 aliphatic carbocycles. The lowest BCUT2D eigenvalue weighted by Gasteiger charge is -2.10. The van der Waals surface area contributed by atoms with Crippen LogP contribution < -0.4 is 0 Å². The Kier molecular flexibility index (Phi) is 3.30. The van der Waals surface area contributed by atoms with Gasteiger partial charge in [0.25, 0.3) is 9.84 Å². The molecule has 0 saturated carbocycles. The predicted octanol–water partition coefficient (Wildman–Crippen LogP) is 2.03. The summed E-state index contributed by atoms with van der Waals surface area (Å²) in [4.78, 5) is -0.863. The molecule has 0 aliphatic heterocycles. The minimum atomic E-state index is -5.34. The van der Waals surface area contributed by atoms with Crippen molar-refractivity contribution in [2.75, 3.05) is 0 Å². The molecule has 0 aliphatic rings. The molecule has 90 valence electrons. The second-order valence-electron chi connectivity index (χ2n) is 3.20. The van der Waals surface area contributed by atoms with Crippen LogP contribution in [0.5, 0.6) is 0 Å². The molecule has 0 aromatic heterocycles. The number of aliphatic hydroxyl groups excluding tert-OH is 1. The molecule has 1 N–H and O–H groups in total. The van der Waals surface area contributed by atoms with E-state index in [0.29, 0.717) is 0 Å². The maximum absolute atomic E-state index is 12.2. The first-order chi connectivity index (χ1) is 7.16. The van der Waals surface area contributed by atoms with Gasteiger partial charge in [-0.05, 0) is 24.6 Å². The summed E-state index contributed by atoms with van der Waals surface area (Å²) in [6.07, 6.45) is -1.02. The number of hydrogen-bond donors (Lipinski definition) is 1. The highest BCUT2D eigenvalue weighted by Gasteiger charge is 2.46. The summed E-state index contributed by atoms with van der Waals surface area (Å²) in [5.41, 5.74) is -5.21. The summed E-state index contributed by atoms with van der Waals surface area (Å²) < 4.78 is 58.6. The molecule has 0 bridgehead atoms. The smallest absolute Gasteiger partial charge is 0.389 e. The van der Waals surface area contributed by atoms with Crippen LogP contribution in [-0.2, 0) is 9.84 Å².